The smallest absolute Gasteiger partial charge is 0.407 e. The number of aromatic nitrogens is 4. The van der Waals surface area contributed by atoms with E-state index in [1.807, 2.05) is 43.7 Å². The molecule has 14 nitrogen and oxygen atoms in total. The highest BCUT2D eigenvalue weighted by Gasteiger charge is 2.39. The molecule has 14 heteroatoms. The molecule has 4 atom stereocenters. The zero-order valence-electron chi connectivity index (χ0n) is 34.3. The molecule has 4 heterocycles. The quantitative estimate of drug-likeness (QED) is 0.110. The first kappa shape index (κ1) is 40.5. The van der Waals surface area contributed by atoms with E-state index in [9.17, 15) is 19.2 Å². The number of alkyl carbamates (subject to hydrolysis) is 2. The number of rotatable bonds is 13. The van der Waals surface area contributed by atoms with Crippen LogP contribution in [-0.4, -0.2) is 93.1 Å². The first-order valence-electron chi connectivity index (χ1n) is 20.6. The number of amides is 4. The second kappa shape index (κ2) is 17.5. The summed E-state index contributed by atoms with van der Waals surface area (Å²) in [7, 11) is 2.60. The zero-order valence-corrected chi connectivity index (χ0v) is 34.3. The van der Waals surface area contributed by atoms with Gasteiger partial charge in [0.2, 0.25) is 11.8 Å². The molecule has 4 amide bonds. The minimum atomic E-state index is -0.687. The molecule has 4 N–H and O–H groups in total. The summed E-state index contributed by atoms with van der Waals surface area (Å²) in [6, 6.07) is 15.0. The van der Waals surface area contributed by atoms with Crippen LogP contribution in [0.5, 0.6) is 0 Å². The average Bonchev–Trinajstić information content (AvgIpc) is 3.69. The van der Waals surface area contributed by atoms with Gasteiger partial charge in [-0.05, 0) is 79.4 Å². The largest absolute Gasteiger partial charge is 0.453 e. The first-order chi connectivity index (χ1) is 27.9. The third kappa shape index (κ3) is 8.75. The number of carbonyl (C=O) groups excluding carboxylic acids is 4. The number of ether oxygens (including phenoxy) is 2. The van der Waals surface area contributed by atoms with Crippen molar-refractivity contribution in [1.29, 1.82) is 0 Å². The van der Waals surface area contributed by atoms with Gasteiger partial charge in [-0.1, -0.05) is 76.2 Å². The first-order valence-corrected chi connectivity index (χ1v) is 20.6. The Morgan fingerprint density at radius 3 is 1.66 bits per heavy atom. The van der Waals surface area contributed by atoms with E-state index < -0.39 is 24.3 Å². The van der Waals surface area contributed by atoms with E-state index in [1.54, 1.807) is 0 Å². The molecule has 0 radical (unpaired) electrons. The average molecular weight is 793 g/mol. The third-order valence-electron chi connectivity index (χ3n) is 11.8. The second-order valence-corrected chi connectivity index (χ2v) is 16.5. The number of benzene rings is 2. The van der Waals surface area contributed by atoms with E-state index >= 15 is 0 Å². The normalized spacial score (nSPS) is 19.0. The van der Waals surface area contributed by atoms with Gasteiger partial charge in [-0.25, -0.2) is 19.6 Å². The summed E-state index contributed by atoms with van der Waals surface area (Å²) >= 11 is 0. The second-order valence-electron chi connectivity index (χ2n) is 16.5. The Morgan fingerprint density at radius 2 is 1.17 bits per heavy atom. The molecule has 4 aromatic rings. The van der Waals surface area contributed by atoms with Crippen LogP contribution in [0.15, 0.2) is 54.7 Å². The van der Waals surface area contributed by atoms with Crippen LogP contribution < -0.4 is 10.6 Å². The maximum absolute atomic E-state index is 13.8. The summed E-state index contributed by atoms with van der Waals surface area (Å²) in [5.41, 5.74) is 7.04. The molecule has 1 aliphatic carbocycles. The van der Waals surface area contributed by atoms with Gasteiger partial charge in [0.15, 0.2) is 0 Å². The van der Waals surface area contributed by atoms with Crippen molar-refractivity contribution in [2.75, 3.05) is 27.3 Å². The topological polar surface area (TPSA) is 175 Å². The van der Waals surface area contributed by atoms with E-state index in [1.165, 1.54) is 27.1 Å². The van der Waals surface area contributed by atoms with Crippen LogP contribution >= 0.6 is 0 Å². The number of methoxy groups -OCH3 is 2. The van der Waals surface area contributed by atoms with Crippen molar-refractivity contribution in [3.8, 4) is 33.6 Å². The molecule has 2 aromatic heterocycles. The summed E-state index contributed by atoms with van der Waals surface area (Å²) in [5.74, 6) is 1.69. The SMILES string of the molecule is COC(=O)NC(C(=O)N1CCCC1c1ncc(-c2ccc(-c3ccc(-c4nc(C5CCCN5C(=O)C(NC(=O)OC)C(C)C)[nH]c4CC4CC4)cc3)cc2)[nH]1)C(C)C. The van der Waals surface area contributed by atoms with Gasteiger partial charge in [-0.3, -0.25) is 9.59 Å². The van der Waals surface area contributed by atoms with E-state index in [4.69, 9.17) is 19.4 Å². The molecule has 0 bridgehead atoms. The lowest BCUT2D eigenvalue weighted by Gasteiger charge is -2.30. The number of aromatic amines is 2. The lowest BCUT2D eigenvalue weighted by Crippen LogP contribution is -2.51. The lowest BCUT2D eigenvalue weighted by atomic mass is 10.00. The number of nitrogens with zero attached hydrogens (tertiary/aromatic N) is 4. The summed E-state index contributed by atoms with van der Waals surface area (Å²) in [6.07, 6.45) is 7.20. The molecular weight excluding hydrogens is 737 g/mol. The van der Waals surface area contributed by atoms with Crippen molar-refractivity contribution in [1.82, 2.24) is 40.4 Å². The fraction of sp³-hybridized carbons (Fsp3) is 0.500. The molecule has 3 fully saturated rings. The summed E-state index contributed by atoms with van der Waals surface area (Å²) in [5, 5.41) is 5.44. The Kier molecular flexibility index (Phi) is 12.2. The van der Waals surface area contributed by atoms with Gasteiger partial charge in [0.05, 0.1) is 43.9 Å². The summed E-state index contributed by atoms with van der Waals surface area (Å²) < 4.78 is 9.58. The van der Waals surface area contributed by atoms with Crippen LogP contribution in [-0.2, 0) is 25.5 Å². The molecule has 2 aromatic carbocycles. The molecule has 1 saturated carbocycles. The van der Waals surface area contributed by atoms with E-state index in [-0.39, 0.29) is 35.7 Å². The Hall–Kier alpha value is -5.66. The Labute approximate surface area is 339 Å². The van der Waals surface area contributed by atoms with Crippen molar-refractivity contribution >= 4 is 24.0 Å². The number of hydrogen-bond donors (Lipinski definition) is 4. The van der Waals surface area contributed by atoms with Crippen LogP contribution in [0.25, 0.3) is 33.6 Å². The number of hydrogen-bond acceptors (Lipinski definition) is 8. The molecule has 308 valence electrons. The van der Waals surface area contributed by atoms with Gasteiger partial charge in [0.1, 0.15) is 23.7 Å². The highest BCUT2D eigenvalue weighted by atomic mass is 16.5. The molecule has 4 unspecified atom stereocenters. The molecule has 2 aliphatic heterocycles. The molecule has 58 heavy (non-hydrogen) atoms. The number of imidazole rings is 2. The maximum Gasteiger partial charge on any atom is 0.407 e. The molecule has 2 saturated heterocycles. The Morgan fingerprint density at radius 1 is 0.690 bits per heavy atom. The zero-order chi connectivity index (χ0) is 41.1. The number of nitrogens with one attached hydrogen (secondary N) is 4. The Balaban J connectivity index is 1.05. The van der Waals surface area contributed by atoms with Crippen LogP contribution in [0, 0.1) is 17.8 Å². The third-order valence-corrected chi connectivity index (χ3v) is 11.8. The minimum Gasteiger partial charge on any atom is -0.453 e. The number of H-pyrrole nitrogens is 2. The highest BCUT2D eigenvalue weighted by molar-refractivity contribution is 5.87. The molecule has 0 spiro atoms. The van der Waals surface area contributed by atoms with Crippen molar-refractivity contribution in [2.45, 2.75) is 96.8 Å². The van der Waals surface area contributed by atoms with Crippen molar-refractivity contribution < 1.29 is 28.7 Å². The van der Waals surface area contributed by atoms with Crippen LogP contribution in [0.1, 0.15) is 95.6 Å². The fourth-order valence-electron chi connectivity index (χ4n) is 8.29. The highest BCUT2D eigenvalue weighted by Crippen LogP contribution is 2.39. The Bertz CT molecular complexity index is 2090. The monoisotopic (exact) mass is 792 g/mol. The van der Waals surface area contributed by atoms with Gasteiger partial charge in [0.25, 0.3) is 0 Å². The number of likely N-dealkylation sites (tertiary alicyclic amines) is 2. The van der Waals surface area contributed by atoms with Gasteiger partial charge < -0.3 is 39.9 Å². The summed E-state index contributed by atoms with van der Waals surface area (Å²) in [4.78, 5) is 72.1. The van der Waals surface area contributed by atoms with E-state index in [2.05, 4.69) is 69.1 Å². The molecule has 7 rings (SSSR count). The summed E-state index contributed by atoms with van der Waals surface area (Å²) in [6.45, 7) is 8.85. The maximum atomic E-state index is 13.8. The predicted octanol–water partition coefficient (Wildman–Crippen LogP) is 7.17. The van der Waals surface area contributed by atoms with Crippen LogP contribution in [0.4, 0.5) is 9.59 Å². The van der Waals surface area contributed by atoms with Gasteiger partial charge >= 0.3 is 12.2 Å². The van der Waals surface area contributed by atoms with Gasteiger partial charge in [0, 0.05) is 24.3 Å². The van der Waals surface area contributed by atoms with Crippen LogP contribution in [0.3, 0.4) is 0 Å². The van der Waals surface area contributed by atoms with Gasteiger partial charge in [-0.2, -0.15) is 0 Å². The predicted molar refractivity (Wildman–Crippen MR) is 219 cm³/mol. The molecular formula is C44H56N8O6. The van der Waals surface area contributed by atoms with Crippen molar-refractivity contribution in [3.05, 3.63) is 72.1 Å². The van der Waals surface area contributed by atoms with Crippen molar-refractivity contribution in [2.24, 2.45) is 17.8 Å². The van der Waals surface area contributed by atoms with Crippen molar-refractivity contribution in [3.63, 3.8) is 0 Å². The van der Waals surface area contributed by atoms with Gasteiger partial charge in [-0.15, -0.1) is 0 Å². The van der Waals surface area contributed by atoms with E-state index in [0.29, 0.717) is 19.0 Å². The van der Waals surface area contributed by atoms with Crippen LogP contribution in [0.2, 0.25) is 0 Å². The minimum absolute atomic E-state index is 0.104. The standard InChI is InChI=1S/C44H56N8O6/c1-25(2)36(49-43(55)57-5)41(53)51-21-7-9-34(51)39-45-24-33(47-39)30-17-13-28(14-18-30)29-15-19-31(20-16-29)38-32(23-27-11-12-27)46-40(48-38)35-10-8-22-52(35)42(54)37(26(3)4)50-44(56)58-6/h13-20,24-27,34-37H,7-12,21-23H2,1-6H3,(H,45,47)(H,46,48)(H,49,55)(H,50,56). The molecule has 3 aliphatic rings. The lowest BCUT2D eigenvalue weighted by molar-refractivity contribution is -0.136. The van der Waals surface area contributed by atoms with E-state index in [0.717, 1.165) is 83.1 Å². The number of carbonyl (C=O) groups is 4. The fourth-order valence-corrected chi connectivity index (χ4v) is 8.29.